The van der Waals surface area contributed by atoms with Crippen LogP contribution in [0, 0.1) is 0 Å². The second-order valence-corrected chi connectivity index (χ2v) is 3.35. The Balaban J connectivity index is 2.44. The molecule has 1 aromatic carbocycles. The maximum atomic E-state index is 11.3. The Labute approximate surface area is 94.1 Å². The van der Waals surface area contributed by atoms with Crippen LogP contribution in [0.4, 0.5) is 10.5 Å². The topological polar surface area (TPSA) is 41.1 Å². The number of carbonyl (C=O) groups is 1. The molecule has 2 N–H and O–H groups in total. The van der Waals surface area contributed by atoms with E-state index in [1.165, 1.54) is 0 Å². The highest BCUT2D eigenvalue weighted by Gasteiger charge is 2.02. The van der Waals surface area contributed by atoms with E-state index in [0.29, 0.717) is 17.3 Å². The van der Waals surface area contributed by atoms with E-state index >= 15 is 0 Å². The lowest BCUT2D eigenvalue weighted by molar-refractivity contribution is 0.252. The standard InChI is InChI=1S/C11H13ClN2O/c1-2-3-8-13-11(15)14-10-7-5-4-6-9(10)12/h2,4-7H,1,3,8H2,(H2,13,14,15). The van der Waals surface area contributed by atoms with E-state index in [2.05, 4.69) is 17.2 Å². The second-order valence-electron chi connectivity index (χ2n) is 2.94. The van der Waals surface area contributed by atoms with Crippen LogP contribution in [-0.2, 0) is 0 Å². The number of amides is 2. The van der Waals surface area contributed by atoms with E-state index in [9.17, 15) is 4.79 Å². The summed E-state index contributed by atoms with van der Waals surface area (Å²) in [6.07, 6.45) is 2.49. The van der Waals surface area contributed by atoms with Crippen molar-refractivity contribution in [2.75, 3.05) is 11.9 Å². The van der Waals surface area contributed by atoms with Crippen molar-refractivity contribution >= 4 is 23.3 Å². The van der Waals surface area contributed by atoms with Gasteiger partial charge in [-0.05, 0) is 18.6 Å². The van der Waals surface area contributed by atoms with E-state index < -0.39 is 0 Å². The van der Waals surface area contributed by atoms with Crippen molar-refractivity contribution in [1.82, 2.24) is 5.32 Å². The number of para-hydroxylation sites is 1. The maximum Gasteiger partial charge on any atom is 0.319 e. The van der Waals surface area contributed by atoms with Gasteiger partial charge in [-0.25, -0.2) is 4.79 Å². The molecule has 0 unspecified atom stereocenters. The van der Waals surface area contributed by atoms with Crippen LogP contribution in [0.5, 0.6) is 0 Å². The van der Waals surface area contributed by atoms with Gasteiger partial charge in [0, 0.05) is 6.54 Å². The highest BCUT2D eigenvalue weighted by Crippen LogP contribution is 2.19. The molecule has 0 aliphatic heterocycles. The Hall–Kier alpha value is -1.48. The van der Waals surface area contributed by atoms with Crippen LogP contribution >= 0.6 is 11.6 Å². The zero-order valence-corrected chi connectivity index (χ0v) is 9.05. The molecule has 0 radical (unpaired) electrons. The summed E-state index contributed by atoms with van der Waals surface area (Å²) in [6, 6.07) is 6.83. The number of rotatable bonds is 4. The first-order chi connectivity index (χ1) is 7.24. The third-order valence-electron chi connectivity index (χ3n) is 1.76. The Morgan fingerprint density at radius 3 is 2.87 bits per heavy atom. The summed E-state index contributed by atoms with van der Waals surface area (Å²) in [4.78, 5) is 11.3. The molecule has 0 fully saturated rings. The molecule has 2 amide bonds. The molecule has 0 atom stereocenters. The summed E-state index contributed by atoms with van der Waals surface area (Å²) in [5.41, 5.74) is 0.607. The number of nitrogens with one attached hydrogen (secondary N) is 2. The normalized spacial score (nSPS) is 9.40. The Morgan fingerprint density at radius 2 is 2.20 bits per heavy atom. The van der Waals surface area contributed by atoms with Crippen LogP contribution in [-0.4, -0.2) is 12.6 Å². The maximum absolute atomic E-state index is 11.3. The first-order valence-corrected chi connectivity index (χ1v) is 5.02. The van der Waals surface area contributed by atoms with Gasteiger partial charge in [-0.3, -0.25) is 0 Å². The van der Waals surface area contributed by atoms with E-state index in [4.69, 9.17) is 11.6 Å². The molecule has 0 saturated heterocycles. The van der Waals surface area contributed by atoms with Gasteiger partial charge in [0.15, 0.2) is 0 Å². The molecule has 0 saturated carbocycles. The second kappa shape index (κ2) is 6.09. The van der Waals surface area contributed by atoms with Crippen LogP contribution in [0.25, 0.3) is 0 Å². The van der Waals surface area contributed by atoms with Gasteiger partial charge in [0.1, 0.15) is 0 Å². The summed E-state index contributed by atoms with van der Waals surface area (Å²) in [6.45, 7) is 4.13. The van der Waals surface area contributed by atoms with Crippen LogP contribution in [0.15, 0.2) is 36.9 Å². The SMILES string of the molecule is C=CCCNC(=O)Nc1ccccc1Cl. The molecule has 4 heteroatoms. The molecule has 0 aliphatic carbocycles. The van der Waals surface area contributed by atoms with Crippen LogP contribution in [0.2, 0.25) is 5.02 Å². The van der Waals surface area contributed by atoms with Gasteiger partial charge in [-0.1, -0.05) is 29.8 Å². The zero-order chi connectivity index (χ0) is 11.1. The van der Waals surface area contributed by atoms with Crippen molar-refractivity contribution in [2.45, 2.75) is 6.42 Å². The fourth-order valence-electron chi connectivity index (χ4n) is 1.02. The van der Waals surface area contributed by atoms with E-state index in [0.717, 1.165) is 6.42 Å². The van der Waals surface area contributed by atoms with Gasteiger partial charge >= 0.3 is 6.03 Å². The number of benzene rings is 1. The van der Waals surface area contributed by atoms with Crippen LogP contribution < -0.4 is 10.6 Å². The number of halogens is 1. The number of carbonyl (C=O) groups excluding carboxylic acids is 1. The largest absolute Gasteiger partial charge is 0.338 e. The summed E-state index contributed by atoms with van der Waals surface area (Å²) >= 11 is 5.87. The molecular formula is C11H13ClN2O. The summed E-state index contributed by atoms with van der Waals surface area (Å²) < 4.78 is 0. The van der Waals surface area contributed by atoms with E-state index in [1.807, 2.05) is 12.1 Å². The average Bonchev–Trinajstić information content (AvgIpc) is 2.22. The van der Waals surface area contributed by atoms with Crippen molar-refractivity contribution in [2.24, 2.45) is 0 Å². The third kappa shape index (κ3) is 4.04. The number of anilines is 1. The summed E-state index contributed by atoms with van der Waals surface area (Å²) in [5.74, 6) is 0. The molecule has 1 rings (SSSR count). The minimum atomic E-state index is -0.259. The van der Waals surface area contributed by atoms with Crippen LogP contribution in [0.3, 0.4) is 0 Å². The third-order valence-corrected chi connectivity index (χ3v) is 2.09. The smallest absolute Gasteiger partial charge is 0.319 e. The molecule has 0 heterocycles. The molecule has 0 aromatic heterocycles. The zero-order valence-electron chi connectivity index (χ0n) is 8.29. The number of hydrogen-bond donors (Lipinski definition) is 2. The quantitative estimate of drug-likeness (QED) is 0.599. The molecular weight excluding hydrogens is 212 g/mol. The fraction of sp³-hybridized carbons (Fsp3) is 0.182. The van der Waals surface area contributed by atoms with Gasteiger partial charge in [-0.15, -0.1) is 6.58 Å². The van der Waals surface area contributed by atoms with E-state index in [-0.39, 0.29) is 6.03 Å². The lowest BCUT2D eigenvalue weighted by Gasteiger charge is -2.07. The molecule has 15 heavy (non-hydrogen) atoms. The highest BCUT2D eigenvalue weighted by molar-refractivity contribution is 6.33. The van der Waals surface area contributed by atoms with Gasteiger partial charge in [0.25, 0.3) is 0 Å². The van der Waals surface area contributed by atoms with E-state index in [1.54, 1.807) is 18.2 Å². The highest BCUT2D eigenvalue weighted by atomic mass is 35.5. The summed E-state index contributed by atoms with van der Waals surface area (Å²) in [5, 5.41) is 5.86. The molecule has 3 nitrogen and oxygen atoms in total. The predicted molar refractivity (Wildman–Crippen MR) is 63.3 cm³/mol. The number of urea groups is 1. The molecule has 80 valence electrons. The Morgan fingerprint density at radius 1 is 1.47 bits per heavy atom. The predicted octanol–water partition coefficient (Wildman–Crippen LogP) is 3.04. The van der Waals surface area contributed by atoms with Gasteiger partial charge in [0.2, 0.25) is 0 Å². The minimum absolute atomic E-state index is 0.259. The molecule has 0 bridgehead atoms. The lowest BCUT2D eigenvalue weighted by atomic mass is 10.3. The average molecular weight is 225 g/mol. The Bertz CT molecular complexity index is 352. The number of hydrogen-bond acceptors (Lipinski definition) is 1. The lowest BCUT2D eigenvalue weighted by Crippen LogP contribution is -2.29. The van der Waals surface area contributed by atoms with Gasteiger partial charge < -0.3 is 10.6 Å². The van der Waals surface area contributed by atoms with Crippen molar-refractivity contribution < 1.29 is 4.79 Å². The molecule has 0 aliphatic rings. The monoisotopic (exact) mass is 224 g/mol. The first-order valence-electron chi connectivity index (χ1n) is 4.64. The summed E-state index contributed by atoms with van der Waals surface area (Å²) in [7, 11) is 0. The molecule has 0 spiro atoms. The van der Waals surface area contributed by atoms with Crippen molar-refractivity contribution in [3.05, 3.63) is 41.9 Å². The first kappa shape index (κ1) is 11.6. The van der Waals surface area contributed by atoms with Gasteiger partial charge in [-0.2, -0.15) is 0 Å². The molecule has 1 aromatic rings. The fourth-order valence-corrected chi connectivity index (χ4v) is 1.20. The van der Waals surface area contributed by atoms with Crippen molar-refractivity contribution in [3.63, 3.8) is 0 Å². The van der Waals surface area contributed by atoms with Crippen molar-refractivity contribution in [1.29, 1.82) is 0 Å². The minimum Gasteiger partial charge on any atom is -0.338 e. The van der Waals surface area contributed by atoms with Gasteiger partial charge in [0.05, 0.1) is 10.7 Å². The van der Waals surface area contributed by atoms with Crippen LogP contribution in [0.1, 0.15) is 6.42 Å². The van der Waals surface area contributed by atoms with Crippen molar-refractivity contribution in [3.8, 4) is 0 Å². The Kier molecular flexibility index (Phi) is 4.71.